The van der Waals surface area contributed by atoms with Crippen molar-refractivity contribution in [1.29, 1.82) is 0 Å². The van der Waals surface area contributed by atoms with E-state index < -0.39 is 41.6 Å². The van der Waals surface area contributed by atoms with Crippen LogP contribution in [0.3, 0.4) is 0 Å². The molecule has 3 saturated heterocycles. The van der Waals surface area contributed by atoms with Gasteiger partial charge in [0.05, 0.1) is 37.2 Å². The highest BCUT2D eigenvalue weighted by atomic mass is 16.6. The number of hydrogen-bond donors (Lipinski definition) is 1. The fourth-order valence-corrected chi connectivity index (χ4v) is 6.47. The zero-order chi connectivity index (χ0) is 27.3. The Hall–Kier alpha value is -2.97. The maximum atomic E-state index is 14.3. The molecule has 0 aliphatic carbocycles. The van der Waals surface area contributed by atoms with Crippen LogP contribution >= 0.6 is 0 Å². The maximum Gasteiger partial charge on any atom is 0.312 e. The second kappa shape index (κ2) is 12.3. The van der Waals surface area contributed by atoms with Gasteiger partial charge in [0, 0.05) is 13.1 Å². The number of amides is 2. The van der Waals surface area contributed by atoms with Gasteiger partial charge < -0.3 is 24.4 Å². The third-order valence-electron chi connectivity index (χ3n) is 8.24. The highest BCUT2D eigenvalue weighted by Gasteiger charge is 2.75. The summed E-state index contributed by atoms with van der Waals surface area (Å²) in [6.07, 6.45) is 7.01. The number of ether oxygens (including phenoxy) is 2. The summed E-state index contributed by atoms with van der Waals surface area (Å²) in [5.74, 6) is -2.56. The van der Waals surface area contributed by atoms with Crippen LogP contribution in [-0.2, 0) is 30.4 Å². The van der Waals surface area contributed by atoms with Crippen molar-refractivity contribution in [2.75, 3.05) is 19.8 Å². The number of rotatable bonds is 14. The van der Waals surface area contributed by atoms with Gasteiger partial charge in [-0.05, 0) is 44.1 Å². The summed E-state index contributed by atoms with van der Waals surface area (Å²) < 4.78 is 12.1. The van der Waals surface area contributed by atoms with Crippen LogP contribution in [0.25, 0.3) is 0 Å². The van der Waals surface area contributed by atoms with Gasteiger partial charge in [0.2, 0.25) is 11.8 Å². The fraction of sp³-hybridized carbons (Fsp3) is 0.567. The van der Waals surface area contributed by atoms with Crippen LogP contribution in [0.5, 0.6) is 0 Å². The van der Waals surface area contributed by atoms with Gasteiger partial charge in [0.1, 0.15) is 11.6 Å². The van der Waals surface area contributed by atoms with Crippen molar-refractivity contribution in [2.24, 2.45) is 11.8 Å². The van der Waals surface area contributed by atoms with Gasteiger partial charge in [-0.15, -0.1) is 13.2 Å². The number of nitrogens with zero attached hydrogens (tertiary/aromatic N) is 2. The first-order valence-corrected chi connectivity index (χ1v) is 13.7. The molecule has 4 rings (SSSR count). The van der Waals surface area contributed by atoms with E-state index >= 15 is 0 Å². The molecule has 1 N–H and O–H groups in total. The monoisotopic (exact) mass is 524 g/mol. The first kappa shape index (κ1) is 28.0. The minimum atomic E-state index is -1.12. The van der Waals surface area contributed by atoms with E-state index in [2.05, 4.69) is 13.2 Å². The molecule has 0 radical (unpaired) electrons. The zero-order valence-electron chi connectivity index (χ0n) is 22.3. The first-order valence-electron chi connectivity index (χ1n) is 13.7. The fourth-order valence-electron chi connectivity index (χ4n) is 6.47. The molecule has 1 aromatic rings. The van der Waals surface area contributed by atoms with Crippen LogP contribution in [0.1, 0.15) is 51.0 Å². The van der Waals surface area contributed by atoms with Crippen LogP contribution in [0, 0.1) is 11.8 Å². The SMILES string of the molecule is C=CCCCCOC(=O)[C@@H]1[C@@H]2CCC3(O2)C(C(=O)N(CC=C)Cc2ccccc2)N([C@@H](CC)CO)C(=O)[C@H]13. The predicted octanol–water partition coefficient (Wildman–Crippen LogP) is 3.25. The lowest BCUT2D eigenvalue weighted by molar-refractivity contribution is -0.156. The summed E-state index contributed by atoms with van der Waals surface area (Å²) in [7, 11) is 0. The van der Waals surface area contributed by atoms with Gasteiger partial charge in [-0.2, -0.15) is 0 Å². The third kappa shape index (κ3) is 5.04. The van der Waals surface area contributed by atoms with Gasteiger partial charge in [-0.3, -0.25) is 14.4 Å². The second-order valence-corrected chi connectivity index (χ2v) is 10.5. The lowest BCUT2D eigenvalue weighted by Crippen LogP contribution is -2.58. The van der Waals surface area contributed by atoms with Crippen molar-refractivity contribution < 1.29 is 29.0 Å². The largest absolute Gasteiger partial charge is 0.465 e. The number of allylic oxidation sites excluding steroid dienone is 1. The van der Waals surface area contributed by atoms with Crippen LogP contribution in [0.4, 0.5) is 0 Å². The van der Waals surface area contributed by atoms with Crippen molar-refractivity contribution >= 4 is 17.8 Å². The number of aliphatic hydroxyl groups excluding tert-OH is 1. The Kier molecular flexibility index (Phi) is 9.05. The molecule has 38 heavy (non-hydrogen) atoms. The predicted molar refractivity (Wildman–Crippen MR) is 143 cm³/mol. The summed E-state index contributed by atoms with van der Waals surface area (Å²) >= 11 is 0. The van der Waals surface area contributed by atoms with Crippen LogP contribution < -0.4 is 0 Å². The average molecular weight is 525 g/mol. The van der Waals surface area contributed by atoms with Crippen molar-refractivity contribution in [2.45, 2.75) is 75.8 Å². The molecule has 0 saturated carbocycles. The number of esters is 1. The lowest BCUT2D eigenvalue weighted by Gasteiger charge is -2.39. The molecule has 3 aliphatic rings. The van der Waals surface area contributed by atoms with E-state index in [1.165, 1.54) is 4.90 Å². The van der Waals surface area contributed by atoms with Crippen molar-refractivity contribution in [3.05, 3.63) is 61.2 Å². The van der Waals surface area contributed by atoms with Gasteiger partial charge in [-0.1, -0.05) is 49.4 Å². The van der Waals surface area contributed by atoms with Gasteiger partial charge in [0.25, 0.3) is 0 Å². The molecule has 2 bridgehead atoms. The normalized spacial score (nSPS) is 28.2. The summed E-state index contributed by atoms with van der Waals surface area (Å²) in [6.45, 7) is 10.1. The summed E-state index contributed by atoms with van der Waals surface area (Å²) in [6, 6.07) is 8.15. The number of carbonyl (C=O) groups excluding carboxylic acids is 3. The average Bonchev–Trinajstić information content (AvgIpc) is 3.57. The molecular weight excluding hydrogens is 484 g/mol. The topological polar surface area (TPSA) is 96.4 Å². The highest BCUT2D eigenvalue weighted by Crippen LogP contribution is 2.59. The van der Waals surface area contributed by atoms with E-state index in [0.29, 0.717) is 38.8 Å². The van der Waals surface area contributed by atoms with Crippen molar-refractivity contribution in [3.63, 3.8) is 0 Å². The van der Waals surface area contributed by atoms with E-state index in [4.69, 9.17) is 9.47 Å². The molecule has 8 heteroatoms. The summed E-state index contributed by atoms with van der Waals surface area (Å²) in [4.78, 5) is 44.8. The Morgan fingerprint density at radius 1 is 1.26 bits per heavy atom. The van der Waals surface area contributed by atoms with Crippen molar-refractivity contribution in [1.82, 2.24) is 9.80 Å². The summed E-state index contributed by atoms with van der Waals surface area (Å²) in [5, 5.41) is 10.2. The number of benzene rings is 1. The Morgan fingerprint density at radius 3 is 2.68 bits per heavy atom. The van der Waals surface area contributed by atoms with Crippen LogP contribution in [-0.4, -0.2) is 76.2 Å². The van der Waals surface area contributed by atoms with Crippen LogP contribution in [0.15, 0.2) is 55.6 Å². The minimum Gasteiger partial charge on any atom is -0.465 e. The Bertz CT molecular complexity index is 1020. The highest BCUT2D eigenvalue weighted by molar-refractivity contribution is 5.98. The van der Waals surface area contributed by atoms with E-state index in [1.807, 2.05) is 43.3 Å². The number of unbranched alkanes of at least 4 members (excludes halogenated alkanes) is 2. The molecule has 206 valence electrons. The number of aliphatic hydroxyl groups is 1. The Morgan fingerprint density at radius 2 is 2.03 bits per heavy atom. The molecule has 3 heterocycles. The smallest absolute Gasteiger partial charge is 0.312 e. The zero-order valence-corrected chi connectivity index (χ0v) is 22.3. The summed E-state index contributed by atoms with van der Waals surface area (Å²) in [5.41, 5.74) is -0.166. The molecule has 3 aliphatic heterocycles. The van der Waals surface area contributed by atoms with Crippen molar-refractivity contribution in [3.8, 4) is 0 Å². The quantitative estimate of drug-likeness (QED) is 0.228. The molecule has 6 atom stereocenters. The Labute approximate surface area is 225 Å². The number of fused-ring (bicyclic) bond motifs is 1. The maximum absolute atomic E-state index is 14.3. The lowest BCUT2D eigenvalue weighted by atomic mass is 9.70. The van der Waals surface area contributed by atoms with Gasteiger partial charge in [-0.25, -0.2) is 0 Å². The number of carbonyl (C=O) groups is 3. The number of likely N-dealkylation sites (tertiary alicyclic amines) is 1. The van der Waals surface area contributed by atoms with E-state index in [0.717, 1.165) is 18.4 Å². The third-order valence-corrected chi connectivity index (χ3v) is 8.24. The van der Waals surface area contributed by atoms with Gasteiger partial charge >= 0.3 is 5.97 Å². The van der Waals surface area contributed by atoms with Crippen LogP contribution in [0.2, 0.25) is 0 Å². The molecule has 0 aromatic heterocycles. The van der Waals surface area contributed by atoms with E-state index in [1.54, 1.807) is 11.0 Å². The number of hydrogen-bond acceptors (Lipinski definition) is 6. The molecular formula is C30H40N2O6. The van der Waals surface area contributed by atoms with E-state index in [-0.39, 0.29) is 25.0 Å². The molecule has 8 nitrogen and oxygen atoms in total. The molecule has 3 fully saturated rings. The minimum absolute atomic E-state index is 0.254. The molecule has 2 amide bonds. The molecule has 2 unspecified atom stereocenters. The molecule has 1 spiro atoms. The standard InChI is InChI=1S/C30H40N2O6/c1-4-7-8-12-18-37-29(36)24-23-15-16-30(38-23)25(24)27(34)32(22(6-3)20-33)26(30)28(35)31(17-5-2)19-21-13-10-9-11-14-21/h4-5,9-11,13-14,22-26,33H,1-2,6-8,12,15-20H2,3H3/t22-,23-,24+,25-,26?,30?/m0/s1. The second-order valence-electron chi connectivity index (χ2n) is 10.5. The van der Waals surface area contributed by atoms with Gasteiger partial charge in [0.15, 0.2) is 0 Å². The first-order chi connectivity index (χ1) is 18.4. The Balaban J connectivity index is 1.65. The molecule has 1 aromatic carbocycles. The van der Waals surface area contributed by atoms with E-state index in [9.17, 15) is 19.5 Å².